The van der Waals surface area contributed by atoms with E-state index in [9.17, 15) is 4.79 Å². The van der Waals surface area contributed by atoms with E-state index in [0.29, 0.717) is 13.0 Å². The Morgan fingerprint density at radius 2 is 1.80 bits per heavy atom. The van der Waals surface area contributed by atoms with Crippen molar-refractivity contribution in [2.24, 2.45) is 0 Å². The van der Waals surface area contributed by atoms with Crippen LogP contribution in [0.25, 0.3) is 22.2 Å². The van der Waals surface area contributed by atoms with Crippen LogP contribution < -0.4 is 0 Å². The number of rotatable bonds is 8. The van der Waals surface area contributed by atoms with Gasteiger partial charge in [-0.25, -0.2) is 0 Å². The van der Waals surface area contributed by atoms with Crippen molar-refractivity contribution in [2.45, 2.75) is 32.7 Å². The van der Waals surface area contributed by atoms with Gasteiger partial charge in [-0.3, -0.25) is 9.78 Å². The number of hydrogen-bond acceptors (Lipinski definition) is 2. The molecule has 1 amide bonds. The number of aromatic nitrogens is 2. The fraction of sp³-hybridized carbons (Fsp3) is 0.231. The van der Waals surface area contributed by atoms with E-state index in [1.807, 2.05) is 53.6 Å². The molecule has 0 saturated carbocycles. The van der Waals surface area contributed by atoms with Crippen LogP contribution in [0.15, 0.2) is 79.1 Å². The number of carbonyl (C=O) groups is 1. The van der Waals surface area contributed by atoms with E-state index >= 15 is 0 Å². The summed E-state index contributed by atoms with van der Waals surface area (Å²) in [4.78, 5) is 23.2. The standard InChI is InChI=1S/C26H27N3O/c1-2-3-16-29(19-20-10-9-15-27-18-20)25(30)17-23-22-13-7-8-14-24(22)28-26(23)21-11-5-4-6-12-21/h4-15,18,28H,2-3,16-17,19H2,1H3. The Labute approximate surface area is 177 Å². The molecule has 0 aliphatic rings. The van der Waals surface area contributed by atoms with Gasteiger partial charge < -0.3 is 9.88 Å². The minimum atomic E-state index is 0.147. The van der Waals surface area contributed by atoms with Gasteiger partial charge in [0.2, 0.25) is 5.91 Å². The van der Waals surface area contributed by atoms with Crippen molar-refractivity contribution < 1.29 is 4.79 Å². The number of hydrogen-bond donors (Lipinski definition) is 1. The number of fused-ring (bicyclic) bond motifs is 1. The van der Waals surface area contributed by atoms with Crippen LogP contribution in [-0.4, -0.2) is 27.3 Å². The molecule has 30 heavy (non-hydrogen) atoms. The first-order chi connectivity index (χ1) is 14.8. The molecule has 0 atom stereocenters. The molecule has 4 aromatic rings. The highest BCUT2D eigenvalue weighted by Crippen LogP contribution is 2.31. The molecule has 0 bridgehead atoms. The summed E-state index contributed by atoms with van der Waals surface area (Å²) in [5, 5.41) is 1.11. The van der Waals surface area contributed by atoms with Crippen LogP contribution in [0.4, 0.5) is 0 Å². The van der Waals surface area contributed by atoms with Crippen molar-refractivity contribution >= 4 is 16.8 Å². The number of unbranched alkanes of at least 4 members (excludes halogenated alkanes) is 1. The molecule has 4 nitrogen and oxygen atoms in total. The zero-order valence-corrected chi connectivity index (χ0v) is 17.3. The Kier molecular flexibility index (Phi) is 6.23. The smallest absolute Gasteiger partial charge is 0.227 e. The lowest BCUT2D eigenvalue weighted by Crippen LogP contribution is -2.32. The molecule has 1 N–H and O–H groups in total. The summed E-state index contributed by atoms with van der Waals surface area (Å²) in [7, 11) is 0. The number of H-pyrrole nitrogens is 1. The van der Waals surface area contributed by atoms with Crippen molar-refractivity contribution in [3.63, 3.8) is 0 Å². The van der Waals surface area contributed by atoms with Crippen molar-refractivity contribution in [3.05, 3.63) is 90.3 Å². The van der Waals surface area contributed by atoms with Crippen molar-refractivity contribution in [1.82, 2.24) is 14.9 Å². The molecular weight excluding hydrogens is 370 g/mol. The lowest BCUT2D eigenvalue weighted by Gasteiger charge is -2.23. The minimum absolute atomic E-state index is 0.147. The lowest BCUT2D eigenvalue weighted by atomic mass is 10.0. The van der Waals surface area contributed by atoms with E-state index in [1.165, 1.54) is 0 Å². The highest BCUT2D eigenvalue weighted by molar-refractivity contribution is 5.95. The Balaban J connectivity index is 1.66. The van der Waals surface area contributed by atoms with Gasteiger partial charge in [0, 0.05) is 36.4 Å². The second-order valence-corrected chi connectivity index (χ2v) is 7.60. The molecule has 0 saturated heterocycles. The number of para-hydroxylation sites is 1. The van der Waals surface area contributed by atoms with Crippen LogP contribution in [0.5, 0.6) is 0 Å². The minimum Gasteiger partial charge on any atom is -0.354 e. The summed E-state index contributed by atoms with van der Waals surface area (Å²) in [6.07, 6.45) is 6.02. The van der Waals surface area contributed by atoms with Crippen LogP contribution in [0.3, 0.4) is 0 Å². The fourth-order valence-corrected chi connectivity index (χ4v) is 3.85. The zero-order chi connectivity index (χ0) is 20.8. The van der Waals surface area contributed by atoms with Gasteiger partial charge in [0.15, 0.2) is 0 Å². The molecule has 2 aromatic carbocycles. The monoisotopic (exact) mass is 397 g/mol. The molecule has 0 aliphatic carbocycles. The SMILES string of the molecule is CCCCN(Cc1cccnc1)C(=O)Cc1c(-c2ccccc2)[nH]c2ccccc12. The first-order valence-corrected chi connectivity index (χ1v) is 10.6. The number of pyridine rings is 1. The van der Waals surface area contributed by atoms with Gasteiger partial charge in [0.05, 0.1) is 12.1 Å². The van der Waals surface area contributed by atoms with Gasteiger partial charge in [0.1, 0.15) is 0 Å². The van der Waals surface area contributed by atoms with Crippen molar-refractivity contribution in [2.75, 3.05) is 6.54 Å². The van der Waals surface area contributed by atoms with Crippen molar-refractivity contribution in [3.8, 4) is 11.3 Å². The summed E-state index contributed by atoms with van der Waals surface area (Å²) in [5.41, 5.74) is 5.32. The summed E-state index contributed by atoms with van der Waals surface area (Å²) < 4.78 is 0. The molecule has 152 valence electrons. The summed E-state index contributed by atoms with van der Waals surface area (Å²) >= 11 is 0. The van der Waals surface area contributed by atoms with E-state index in [1.54, 1.807) is 6.20 Å². The summed E-state index contributed by atoms with van der Waals surface area (Å²) in [6.45, 7) is 3.50. The van der Waals surface area contributed by atoms with Gasteiger partial charge in [-0.05, 0) is 35.2 Å². The lowest BCUT2D eigenvalue weighted by molar-refractivity contribution is -0.131. The van der Waals surface area contributed by atoms with E-state index in [2.05, 4.69) is 41.2 Å². The molecule has 0 fully saturated rings. The van der Waals surface area contributed by atoms with Gasteiger partial charge in [0.25, 0.3) is 0 Å². The normalized spacial score (nSPS) is 11.0. The van der Waals surface area contributed by atoms with Gasteiger partial charge >= 0.3 is 0 Å². The largest absolute Gasteiger partial charge is 0.354 e. The predicted octanol–water partition coefficient (Wildman–Crippen LogP) is 5.60. The second kappa shape index (κ2) is 9.40. The zero-order valence-electron chi connectivity index (χ0n) is 17.3. The molecule has 4 rings (SSSR count). The molecule has 0 aliphatic heterocycles. The number of aromatic amines is 1. The maximum atomic E-state index is 13.4. The van der Waals surface area contributed by atoms with Crippen molar-refractivity contribution in [1.29, 1.82) is 0 Å². The highest BCUT2D eigenvalue weighted by atomic mass is 16.2. The third kappa shape index (κ3) is 4.43. The maximum absolute atomic E-state index is 13.4. The average Bonchev–Trinajstić information content (AvgIpc) is 3.16. The fourth-order valence-electron chi connectivity index (χ4n) is 3.85. The summed E-state index contributed by atoms with van der Waals surface area (Å²) in [6, 6.07) is 22.4. The van der Waals surface area contributed by atoms with Gasteiger partial charge in [-0.2, -0.15) is 0 Å². The third-order valence-electron chi connectivity index (χ3n) is 5.43. The van der Waals surface area contributed by atoms with Crippen LogP contribution in [0.2, 0.25) is 0 Å². The first kappa shape index (κ1) is 19.9. The average molecular weight is 398 g/mol. The maximum Gasteiger partial charge on any atom is 0.227 e. The van der Waals surface area contributed by atoms with Gasteiger partial charge in [-0.1, -0.05) is 67.9 Å². The molecule has 0 unspecified atom stereocenters. The van der Waals surface area contributed by atoms with E-state index in [4.69, 9.17) is 0 Å². The Morgan fingerprint density at radius 3 is 2.57 bits per heavy atom. The van der Waals surface area contributed by atoms with E-state index in [-0.39, 0.29) is 5.91 Å². The van der Waals surface area contributed by atoms with Gasteiger partial charge in [-0.15, -0.1) is 0 Å². The molecule has 2 heterocycles. The predicted molar refractivity (Wildman–Crippen MR) is 122 cm³/mol. The Morgan fingerprint density at radius 1 is 1.00 bits per heavy atom. The number of nitrogens with zero attached hydrogens (tertiary/aromatic N) is 2. The molecule has 0 radical (unpaired) electrons. The van der Waals surface area contributed by atoms with E-state index in [0.717, 1.165) is 52.7 Å². The molecular formula is C26H27N3O. The number of carbonyl (C=O) groups excluding carboxylic acids is 1. The quantitative estimate of drug-likeness (QED) is 0.421. The second-order valence-electron chi connectivity index (χ2n) is 7.60. The molecule has 4 heteroatoms. The first-order valence-electron chi connectivity index (χ1n) is 10.6. The third-order valence-corrected chi connectivity index (χ3v) is 5.43. The van der Waals surface area contributed by atoms with Crippen LogP contribution in [0.1, 0.15) is 30.9 Å². The van der Waals surface area contributed by atoms with Crippen LogP contribution >= 0.6 is 0 Å². The number of amides is 1. The Bertz CT molecular complexity index is 1100. The molecule has 2 aromatic heterocycles. The number of benzene rings is 2. The summed E-state index contributed by atoms with van der Waals surface area (Å²) in [5.74, 6) is 0.147. The van der Waals surface area contributed by atoms with Crippen LogP contribution in [0, 0.1) is 0 Å². The Hall–Kier alpha value is -3.40. The molecule has 0 spiro atoms. The van der Waals surface area contributed by atoms with Crippen LogP contribution in [-0.2, 0) is 17.8 Å². The topological polar surface area (TPSA) is 49.0 Å². The van der Waals surface area contributed by atoms with E-state index < -0.39 is 0 Å². The number of nitrogens with one attached hydrogen (secondary N) is 1. The highest BCUT2D eigenvalue weighted by Gasteiger charge is 2.20.